The highest BCUT2D eigenvalue weighted by Gasteiger charge is 2.04. The molecule has 0 atom stereocenters. The number of hydrogen-bond acceptors (Lipinski definition) is 2. The van der Waals surface area contributed by atoms with E-state index in [-0.39, 0.29) is 6.42 Å². The van der Waals surface area contributed by atoms with Crippen LogP contribution in [0.4, 0.5) is 0 Å². The number of benzene rings is 1. The molecule has 0 unspecified atom stereocenters. The van der Waals surface area contributed by atoms with Crippen LogP contribution in [0.3, 0.4) is 0 Å². The average Bonchev–Trinajstić information content (AvgIpc) is 2.77. The second kappa shape index (κ2) is 5.49. The van der Waals surface area contributed by atoms with Crippen LogP contribution in [0.25, 0.3) is 0 Å². The highest BCUT2D eigenvalue weighted by atomic mass is 16.4. The third kappa shape index (κ3) is 3.20. The molecule has 0 fully saturated rings. The van der Waals surface area contributed by atoms with E-state index in [0.29, 0.717) is 6.42 Å². The first-order valence-electron chi connectivity index (χ1n) is 5.92. The minimum atomic E-state index is -0.788. The Balaban J connectivity index is 2.02. The second-order valence-electron chi connectivity index (χ2n) is 4.36. The van der Waals surface area contributed by atoms with Gasteiger partial charge in [-0.25, -0.2) is 4.98 Å². The van der Waals surface area contributed by atoms with Crippen molar-refractivity contribution in [2.24, 2.45) is 0 Å². The molecule has 0 saturated carbocycles. The molecule has 4 heteroatoms. The van der Waals surface area contributed by atoms with Gasteiger partial charge in [-0.1, -0.05) is 24.3 Å². The van der Waals surface area contributed by atoms with Crippen molar-refractivity contribution in [3.8, 4) is 0 Å². The molecule has 0 saturated heterocycles. The summed E-state index contributed by atoms with van der Waals surface area (Å²) in [5.74, 6) is -0.788. The van der Waals surface area contributed by atoms with Crippen molar-refractivity contribution in [3.05, 3.63) is 53.6 Å². The molecule has 0 aliphatic rings. The molecule has 2 aromatic rings. The van der Waals surface area contributed by atoms with Gasteiger partial charge in [-0.15, -0.1) is 0 Å². The molecule has 0 amide bonds. The third-order valence-electron chi connectivity index (χ3n) is 2.90. The Morgan fingerprint density at radius 2 is 2.17 bits per heavy atom. The minimum absolute atomic E-state index is 0.126. The Labute approximate surface area is 106 Å². The monoisotopic (exact) mass is 244 g/mol. The summed E-state index contributed by atoms with van der Waals surface area (Å²) in [6.07, 6.45) is 4.27. The van der Waals surface area contributed by atoms with Gasteiger partial charge < -0.3 is 9.67 Å². The van der Waals surface area contributed by atoms with Crippen molar-refractivity contribution in [3.63, 3.8) is 0 Å². The van der Waals surface area contributed by atoms with E-state index in [9.17, 15) is 4.79 Å². The molecule has 1 heterocycles. The molecule has 0 radical (unpaired) electrons. The predicted octanol–water partition coefficient (Wildman–Crippen LogP) is 2.26. The minimum Gasteiger partial charge on any atom is -0.481 e. The van der Waals surface area contributed by atoms with Gasteiger partial charge in [0.25, 0.3) is 0 Å². The van der Waals surface area contributed by atoms with E-state index in [4.69, 9.17) is 5.11 Å². The van der Waals surface area contributed by atoms with Gasteiger partial charge in [-0.05, 0) is 18.1 Å². The van der Waals surface area contributed by atoms with E-state index in [2.05, 4.69) is 24.0 Å². The zero-order chi connectivity index (χ0) is 13.0. The lowest BCUT2D eigenvalue weighted by molar-refractivity contribution is -0.136. The second-order valence-corrected chi connectivity index (χ2v) is 4.36. The lowest BCUT2D eigenvalue weighted by atomic mass is 10.1. The molecule has 0 bridgehead atoms. The summed E-state index contributed by atoms with van der Waals surface area (Å²) < 4.78 is 1.99. The number of rotatable bonds is 5. The number of carboxylic acids is 1. The summed E-state index contributed by atoms with van der Waals surface area (Å²) in [6.45, 7) is 2.85. The SMILES string of the molecule is Cc1ccccc1Cn1cnc(CCC(=O)O)c1. The molecule has 1 N–H and O–H groups in total. The number of carbonyl (C=O) groups is 1. The number of hydrogen-bond donors (Lipinski definition) is 1. The van der Waals surface area contributed by atoms with Gasteiger partial charge in [0.1, 0.15) is 0 Å². The highest BCUT2D eigenvalue weighted by Crippen LogP contribution is 2.10. The molecule has 1 aromatic heterocycles. The zero-order valence-corrected chi connectivity index (χ0v) is 10.3. The van der Waals surface area contributed by atoms with E-state index < -0.39 is 5.97 Å². The predicted molar refractivity (Wildman–Crippen MR) is 68.5 cm³/mol. The molecule has 0 spiro atoms. The Morgan fingerprint density at radius 3 is 2.89 bits per heavy atom. The lowest BCUT2D eigenvalue weighted by Gasteiger charge is -2.05. The van der Waals surface area contributed by atoms with Crippen LogP contribution in [0.5, 0.6) is 0 Å². The van der Waals surface area contributed by atoms with Gasteiger partial charge in [0.15, 0.2) is 0 Å². The van der Waals surface area contributed by atoms with Gasteiger partial charge >= 0.3 is 5.97 Å². The fraction of sp³-hybridized carbons (Fsp3) is 0.286. The standard InChI is InChI=1S/C14H16N2O2/c1-11-4-2-3-5-12(11)8-16-9-13(15-10-16)6-7-14(17)18/h2-5,9-10H,6-8H2,1H3,(H,17,18). The molecule has 1 aromatic carbocycles. The maximum atomic E-state index is 10.5. The van der Waals surface area contributed by atoms with Gasteiger partial charge in [0.2, 0.25) is 0 Å². The maximum Gasteiger partial charge on any atom is 0.303 e. The Bertz CT molecular complexity index is 546. The van der Waals surface area contributed by atoms with Crippen LogP contribution in [0, 0.1) is 6.92 Å². The molecule has 18 heavy (non-hydrogen) atoms. The highest BCUT2D eigenvalue weighted by molar-refractivity contribution is 5.66. The van der Waals surface area contributed by atoms with Gasteiger partial charge in [0, 0.05) is 19.2 Å². The quantitative estimate of drug-likeness (QED) is 0.877. The summed E-state index contributed by atoms with van der Waals surface area (Å²) in [5, 5.41) is 8.62. The summed E-state index contributed by atoms with van der Waals surface area (Å²) in [4.78, 5) is 14.7. The first-order valence-corrected chi connectivity index (χ1v) is 5.92. The van der Waals surface area contributed by atoms with Crippen LogP contribution in [0.1, 0.15) is 23.2 Å². The van der Waals surface area contributed by atoms with Crippen LogP contribution in [0.15, 0.2) is 36.8 Å². The van der Waals surface area contributed by atoms with E-state index >= 15 is 0 Å². The lowest BCUT2D eigenvalue weighted by Crippen LogP contribution is -1.99. The van der Waals surface area contributed by atoms with Crippen molar-refractivity contribution in [2.75, 3.05) is 0 Å². The summed E-state index contributed by atoms with van der Waals surface area (Å²) >= 11 is 0. The van der Waals surface area contributed by atoms with E-state index in [0.717, 1.165) is 12.2 Å². The van der Waals surface area contributed by atoms with E-state index in [1.165, 1.54) is 11.1 Å². The first kappa shape index (κ1) is 12.4. The van der Waals surface area contributed by atoms with Gasteiger partial charge in [0.05, 0.1) is 18.4 Å². The Kier molecular flexibility index (Phi) is 3.77. The van der Waals surface area contributed by atoms with Crippen molar-refractivity contribution in [2.45, 2.75) is 26.3 Å². The molecule has 94 valence electrons. The smallest absolute Gasteiger partial charge is 0.303 e. The average molecular weight is 244 g/mol. The Hall–Kier alpha value is -2.10. The van der Waals surface area contributed by atoms with Crippen molar-refractivity contribution < 1.29 is 9.90 Å². The summed E-state index contributed by atoms with van der Waals surface area (Å²) in [6, 6.07) is 8.21. The number of aryl methyl sites for hydroxylation is 2. The molecule has 0 aliphatic heterocycles. The summed E-state index contributed by atoms with van der Waals surface area (Å²) in [7, 11) is 0. The van der Waals surface area contributed by atoms with Gasteiger partial charge in [-0.2, -0.15) is 0 Å². The third-order valence-corrected chi connectivity index (χ3v) is 2.90. The fourth-order valence-electron chi connectivity index (χ4n) is 1.84. The maximum absolute atomic E-state index is 10.5. The first-order chi connectivity index (χ1) is 8.65. The molecular weight excluding hydrogens is 228 g/mol. The normalized spacial score (nSPS) is 10.5. The van der Waals surface area contributed by atoms with Crippen LogP contribution < -0.4 is 0 Å². The summed E-state index contributed by atoms with van der Waals surface area (Å²) in [5.41, 5.74) is 3.32. The van der Waals surface area contributed by atoms with Crippen molar-refractivity contribution >= 4 is 5.97 Å². The largest absolute Gasteiger partial charge is 0.481 e. The van der Waals surface area contributed by atoms with Crippen LogP contribution in [-0.2, 0) is 17.8 Å². The molecule has 4 nitrogen and oxygen atoms in total. The van der Waals surface area contributed by atoms with Crippen molar-refractivity contribution in [1.29, 1.82) is 0 Å². The number of carboxylic acid groups (broad SMARTS) is 1. The van der Waals surface area contributed by atoms with E-state index in [1.807, 2.05) is 22.9 Å². The van der Waals surface area contributed by atoms with Crippen LogP contribution in [-0.4, -0.2) is 20.6 Å². The van der Waals surface area contributed by atoms with Crippen LogP contribution >= 0.6 is 0 Å². The number of imidazole rings is 1. The zero-order valence-electron chi connectivity index (χ0n) is 10.3. The fourth-order valence-corrected chi connectivity index (χ4v) is 1.84. The number of aliphatic carboxylic acids is 1. The van der Waals surface area contributed by atoms with E-state index in [1.54, 1.807) is 6.33 Å². The topological polar surface area (TPSA) is 55.1 Å². The van der Waals surface area contributed by atoms with Crippen LogP contribution in [0.2, 0.25) is 0 Å². The van der Waals surface area contributed by atoms with Crippen molar-refractivity contribution in [1.82, 2.24) is 9.55 Å². The Morgan fingerprint density at radius 1 is 1.39 bits per heavy atom. The number of aromatic nitrogens is 2. The van der Waals surface area contributed by atoms with Gasteiger partial charge in [-0.3, -0.25) is 4.79 Å². The molecular formula is C14H16N2O2. The molecule has 0 aliphatic carbocycles. The molecule has 2 rings (SSSR count). The number of nitrogens with zero attached hydrogens (tertiary/aromatic N) is 2.